The molecular weight excluding hydrogens is 480 g/mol. The van der Waals surface area contributed by atoms with Crippen molar-refractivity contribution in [2.45, 2.75) is 13.8 Å². The highest BCUT2D eigenvalue weighted by molar-refractivity contribution is 6.11. The van der Waals surface area contributed by atoms with Gasteiger partial charge in [-0.3, -0.25) is 9.13 Å². The lowest BCUT2D eigenvalue weighted by atomic mass is 10.1. The van der Waals surface area contributed by atoms with Crippen LogP contribution in [-0.4, -0.2) is 28.9 Å². The number of benzene rings is 3. The Morgan fingerprint density at radius 1 is 0.564 bits per heavy atom. The summed E-state index contributed by atoms with van der Waals surface area (Å²) < 4.78 is 6.43. The molecule has 5 heterocycles. The number of hydrogen-bond donors (Lipinski definition) is 0. The topological polar surface area (TPSA) is 53.5 Å². The molecule has 8 rings (SSSR count). The molecule has 5 aromatic heterocycles. The Hall–Kier alpha value is -5.23. The zero-order chi connectivity index (χ0) is 26.1. The number of aryl methyl sites for hydroxylation is 2. The van der Waals surface area contributed by atoms with Crippen molar-refractivity contribution in [3.05, 3.63) is 121 Å². The van der Waals surface area contributed by atoms with E-state index in [9.17, 15) is 0 Å². The summed E-state index contributed by atoms with van der Waals surface area (Å²) in [5, 5.41) is 9.37. The van der Waals surface area contributed by atoms with Gasteiger partial charge in [-0.2, -0.15) is 5.10 Å². The van der Waals surface area contributed by atoms with Crippen LogP contribution in [0.3, 0.4) is 0 Å². The lowest BCUT2D eigenvalue weighted by Crippen LogP contribution is -2.04. The average Bonchev–Trinajstić information content (AvgIpc) is 3.61. The highest BCUT2D eigenvalue weighted by Gasteiger charge is 2.18. The van der Waals surface area contributed by atoms with Crippen molar-refractivity contribution >= 4 is 43.7 Å². The standard InChI is InChI=1S/C33H24N6/c1-21-19-22(2)39(36-21)32-17-16-27-25-10-4-5-11-28(25)37(33(27)35-32)23-14-15-26-24-9-3-6-12-29(24)38(30(26)20-23)31-13-7-8-18-34-31/h3-20H,1-2H3. The van der Waals surface area contributed by atoms with E-state index in [1.54, 1.807) is 0 Å². The van der Waals surface area contributed by atoms with E-state index in [-0.39, 0.29) is 0 Å². The van der Waals surface area contributed by atoms with E-state index in [0.29, 0.717) is 0 Å². The van der Waals surface area contributed by atoms with Gasteiger partial charge in [0.25, 0.3) is 0 Å². The van der Waals surface area contributed by atoms with Gasteiger partial charge in [0, 0.05) is 39.1 Å². The minimum atomic E-state index is 0.806. The molecular formula is C33H24N6. The Labute approximate surface area is 224 Å². The van der Waals surface area contributed by atoms with Crippen LogP contribution in [0.15, 0.2) is 109 Å². The Balaban J connectivity index is 1.46. The minimum absolute atomic E-state index is 0.806. The molecule has 0 N–H and O–H groups in total. The van der Waals surface area contributed by atoms with Gasteiger partial charge < -0.3 is 0 Å². The van der Waals surface area contributed by atoms with E-state index in [0.717, 1.165) is 56.3 Å². The van der Waals surface area contributed by atoms with Crippen LogP contribution < -0.4 is 0 Å². The minimum Gasteiger partial charge on any atom is -0.294 e. The summed E-state index contributed by atoms with van der Waals surface area (Å²) in [5.41, 5.74) is 7.34. The van der Waals surface area contributed by atoms with Gasteiger partial charge in [-0.25, -0.2) is 14.6 Å². The molecule has 0 fully saturated rings. The second-order valence-corrected chi connectivity index (χ2v) is 9.97. The van der Waals surface area contributed by atoms with Crippen molar-refractivity contribution in [3.8, 4) is 17.3 Å². The number of para-hydroxylation sites is 2. The van der Waals surface area contributed by atoms with Gasteiger partial charge >= 0.3 is 0 Å². The van der Waals surface area contributed by atoms with Crippen LogP contribution in [0.4, 0.5) is 0 Å². The van der Waals surface area contributed by atoms with E-state index in [1.165, 1.54) is 16.2 Å². The third-order valence-electron chi connectivity index (χ3n) is 7.53. The largest absolute Gasteiger partial charge is 0.294 e. The monoisotopic (exact) mass is 504 g/mol. The van der Waals surface area contributed by atoms with Gasteiger partial charge in [0.1, 0.15) is 11.5 Å². The number of fused-ring (bicyclic) bond motifs is 6. The maximum atomic E-state index is 5.18. The molecule has 39 heavy (non-hydrogen) atoms. The van der Waals surface area contributed by atoms with Gasteiger partial charge in [0.2, 0.25) is 0 Å². The van der Waals surface area contributed by atoms with Crippen molar-refractivity contribution in [1.82, 2.24) is 28.9 Å². The summed E-state index contributed by atoms with van der Waals surface area (Å²) in [5.74, 6) is 1.70. The fourth-order valence-electron chi connectivity index (χ4n) is 5.90. The van der Waals surface area contributed by atoms with Crippen LogP contribution in [0.5, 0.6) is 0 Å². The summed E-state index contributed by atoms with van der Waals surface area (Å²) in [4.78, 5) is 9.88. The predicted octanol–water partition coefficient (Wildman–Crippen LogP) is 7.47. The van der Waals surface area contributed by atoms with E-state index in [4.69, 9.17) is 9.97 Å². The zero-order valence-corrected chi connectivity index (χ0v) is 21.6. The van der Waals surface area contributed by atoms with Crippen LogP contribution in [0, 0.1) is 13.8 Å². The lowest BCUT2D eigenvalue weighted by molar-refractivity contribution is 0.808. The van der Waals surface area contributed by atoms with Gasteiger partial charge in [0.05, 0.1) is 22.2 Å². The normalized spacial score (nSPS) is 11.8. The quantitative estimate of drug-likeness (QED) is 0.251. The molecule has 0 unspecified atom stereocenters. The van der Waals surface area contributed by atoms with Gasteiger partial charge in [-0.1, -0.05) is 48.5 Å². The Bertz CT molecular complexity index is 2200. The maximum absolute atomic E-state index is 5.18. The molecule has 0 saturated carbocycles. The number of pyridine rings is 2. The fraction of sp³-hybridized carbons (Fsp3) is 0.0606. The molecule has 0 amide bonds. The highest BCUT2D eigenvalue weighted by Crippen LogP contribution is 2.36. The van der Waals surface area contributed by atoms with E-state index >= 15 is 0 Å². The van der Waals surface area contributed by atoms with Crippen LogP contribution in [-0.2, 0) is 0 Å². The molecule has 3 aromatic carbocycles. The second-order valence-electron chi connectivity index (χ2n) is 9.97. The molecule has 0 aliphatic heterocycles. The fourth-order valence-corrected chi connectivity index (χ4v) is 5.90. The van der Waals surface area contributed by atoms with Crippen molar-refractivity contribution in [3.63, 3.8) is 0 Å². The summed E-state index contributed by atoms with van der Waals surface area (Å²) in [6.07, 6.45) is 1.84. The van der Waals surface area contributed by atoms with Crippen LogP contribution in [0.1, 0.15) is 11.4 Å². The first-order valence-electron chi connectivity index (χ1n) is 13.1. The first kappa shape index (κ1) is 21.8. The van der Waals surface area contributed by atoms with Crippen molar-refractivity contribution in [1.29, 1.82) is 0 Å². The van der Waals surface area contributed by atoms with Crippen molar-refractivity contribution < 1.29 is 0 Å². The number of rotatable bonds is 3. The lowest BCUT2D eigenvalue weighted by Gasteiger charge is -2.11. The molecule has 6 nitrogen and oxygen atoms in total. The van der Waals surface area contributed by atoms with E-state index < -0.39 is 0 Å². The van der Waals surface area contributed by atoms with Crippen LogP contribution >= 0.6 is 0 Å². The SMILES string of the molecule is Cc1cc(C)n(-c2ccc3c4ccccc4n(-c4ccc5c6ccccc6n(-c6ccccn6)c5c4)c3n2)n1. The predicted molar refractivity (Wildman–Crippen MR) is 157 cm³/mol. The summed E-state index contributed by atoms with van der Waals surface area (Å²) in [7, 11) is 0. The number of nitrogens with zero attached hydrogens (tertiary/aromatic N) is 6. The number of hydrogen-bond acceptors (Lipinski definition) is 3. The van der Waals surface area contributed by atoms with Crippen LogP contribution in [0.2, 0.25) is 0 Å². The average molecular weight is 505 g/mol. The van der Waals surface area contributed by atoms with Gasteiger partial charge in [-0.15, -0.1) is 0 Å². The maximum Gasteiger partial charge on any atom is 0.156 e. The van der Waals surface area contributed by atoms with Gasteiger partial charge in [-0.05, 0) is 68.4 Å². The first-order valence-corrected chi connectivity index (χ1v) is 13.1. The summed E-state index contributed by atoms with van der Waals surface area (Å²) >= 11 is 0. The molecule has 0 aliphatic carbocycles. The Morgan fingerprint density at radius 2 is 1.26 bits per heavy atom. The van der Waals surface area contributed by atoms with E-state index in [1.807, 2.05) is 29.9 Å². The van der Waals surface area contributed by atoms with Crippen molar-refractivity contribution in [2.75, 3.05) is 0 Å². The zero-order valence-electron chi connectivity index (χ0n) is 21.6. The molecule has 0 radical (unpaired) electrons. The second kappa shape index (κ2) is 8.13. The molecule has 186 valence electrons. The van der Waals surface area contributed by atoms with E-state index in [2.05, 4.69) is 112 Å². The first-order chi connectivity index (χ1) is 19.2. The van der Waals surface area contributed by atoms with Crippen molar-refractivity contribution in [2.24, 2.45) is 0 Å². The Kier molecular flexibility index (Phi) is 4.55. The van der Waals surface area contributed by atoms with Crippen LogP contribution in [0.25, 0.3) is 61.1 Å². The third kappa shape index (κ3) is 3.18. The molecule has 0 saturated heterocycles. The molecule has 8 aromatic rings. The molecule has 0 spiro atoms. The number of aromatic nitrogens is 6. The molecule has 0 aliphatic rings. The third-order valence-corrected chi connectivity index (χ3v) is 7.53. The Morgan fingerprint density at radius 3 is 2.00 bits per heavy atom. The highest BCUT2D eigenvalue weighted by atomic mass is 15.3. The summed E-state index contributed by atoms with van der Waals surface area (Å²) in [6.45, 7) is 4.07. The molecule has 0 atom stereocenters. The molecule has 0 bridgehead atoms. The summed E-state index contributed by atoms with van der Waals surface area (Å²) in [6, 6.07) is 36.0. The smallest absolute Gasteiger partial charge is 0.156 e. The molecule has 6 heteroatoms. The van der Waals surface area contributed by atoms with Gasteiger partial charge in [0.15, 0.2) is 5.82 Å².